The first-order chi connectivity index (χ1) is 16.0. The number of anilines is 1. The van der Waals surface area contributed by atoms with Gasteiger partial charge in [0.1, 0.15) is 23.5 Å². The monoisotopic (exact) mass is 443 g/mol. The Morgan fingerprint density at radius 1 is 1.06 bits per heavy atom. The van der Waals surface area contributed by atoms with Crippen molar-refractivity contribution >= 4 is 44.4 Å². The first kappa shape index (κ1) is 20.7. The third-order valence-corrected chi connectivity index (χ3v) is 5.57. The molecule has 166 valence electrons. The number of H-pyrrole nitrogens is 1. The minimum Gasteiger partial charge on any atom is -0.495 e. The molecule has 1 unspecified atom stereocenters. The smallest absolute Gasteiger partial charge is 0.279 e. The number of carbonyl (C=O) groups excluding carboxylic acids is 1. The highest BCUT2D eigenvalue weighted by Crippen LogP contribution is 2.36. The first-order valence-electron chi connectivity index (χ1n) is 10.6. The summed E-state index contributed by atoms with van der Waals surface area (Å²) in [5, 5.41) is 5.38. The fourth-order valence-electron chi connectivity index (χ4n) is 4.05. The summed E-state index contributed by atoms with van der Waals surface area (Å²) in [6, 6.07) is 18.6. The number of aromatic amines is 1. The zero-order valence-corrected chi connectivity index (χ0v) is 18.3. The predicted molar refractivity (Wildman–Crippen MR) is 127 cm³/mol. The molecule has 3 N–H and O–H groups in total. The number of methoxy groups -OCH3 is 1. The van der Waals surface area contributed by atoms with E-state index < -0.39 is 0 Å². The molecule has 0 aliphatic rings. The number of hydrogen-bond acceptors (Lipinski definition) is 5. The van der Waals surface area contributed by atoms with Crippen molar-refractivity contribution in [2.45, 2.75) is 6.54 Å². The Morgan fingerprint density at radius 3 is 2.64 bits per heavy atom. The third-order valence-electron chi connectivity index (χ3n) is 5.57. The van der Waals surface area contributed by atoms with Gasteiger partial charge in [-0.15, -0.1) is 0 Å². The molecule has 0 aliphatic heterocycles. The van der Waals surface area contributed by atoms with Gasteiger partial charge >= 0.3 is 0 Å². The molecule has 0 saturated carbocycles. The molecule has 1 amide bonds. The number of furan rings is 1. The van der Waals surface area contributed by atoms with Crippen LogP contribution in [0.5, 0.6) is 5.75 Å². The summed E-state index contributed by atoms with van der Waals surface area (Å²) in [6.45, 7) is 0.575. The van der Waals surface area contributed by atoms with E-state index in [-0.39, 0.29) is 18.0 Å². The molecule has 0 spiro atoms. The summed E-state index contributed by atoms with van der Waals surface area (Å²) in [7, 11) is 3.44. The molecular weight excluding hydrogens is 420 g/mol. The normalized spacial score (nSPS) is 12.3. The van der Waals surface area contributed by atoms with Crippen LogP contribution >= 0.6 is 0 Å². The Labute approximate surface area is 188 Å². The summed E-state index contributed by atoms with van der Waals surface area (Å²) < 4.78 is 11.4. The number of nitrogens with one attached hydrogen (secondary N) is 3. The van der Waals surface area contributed by atoms with Crippen molar-refractivity contribution in [3.05, 3.63) is 76.8 Å². The summed E-state index contributed by atoms with van der Waals surface area (Å²) in [4.78, 5) is 33.2. The van der Waals surface area contributed by atoms with Gasteiger partial charge in [-0.3, -0.25) is 9.59 Å². The number of likely N-dealkylation sites (N-methyl/N-ethyl adjacent to an activating group) is 1. The molecule has 33 heavy (non-hydrogen) atoms. The van der Waals surface area contributed by atoms with Gasteiger partial charge < -0.3 is 24.4 Å². The molecule has 0 radical (unpaired) electrons. The highest BCUT2D eigenvalue weighted by molar-refractivity contribution is 6.07. The second-order valence-electron chi connectivity index (χ2n) is 8.04. The largest absolute Gasteiger partial charge is 0.495 e. The molecule has 2 heterocycles. The van der Waals surface area contributed by atoms with Gasteiger partial charge in [0.15, 0.2) is 12.4 Å². The van der Waals surface area contributed by atoms with E-state index >= 15 is 0 Å². The zero-order valence-electron chi connectivity index (χ0n) is 18.3. The minimum absolute atomic E-state index is 0.178. The number of fused-ring (bicyclic) bond motifs is 4. The van der Waals surface area contributed by atoms with Crippen LogP contribution in [0.25, 0.3) is 32.8 Å². The number of aromatic nitrogens is 2. The number of amides is 1. The van der Waals surface area contributed by atoms with Gasteiger partial charge in [0.25, 0.3) is 11.5 Å². The number of para-hydroxylation sites is 2. The fraction of sp³-hybridized carbons (Fsp3) is 0.160. The van der Waals surface area contributed by atoms with Gasteiger partial charge in [-0.1, -0.05) is 30.3 Å². The molecule has 3 aromatic carbocycles. The second kappa shape index (κ2) is 8.40. The Hall–Kier alpha value is -4.17. The molecule has 0 saturated heterocycles. The predicted octanol–water partition coefficient (Wildman–Crippen LogP) is 2.48. The quantitative estimate of drug-likeness (QED) is 0.374. The maximum Gasteiger partial charge on any atom is 0.279 e. The van der Waals surface area contributed by atoms with Crippen molar-refractivity contribution in [2.24, 2.45) is 0 Å². The molecule has 0 aliphatic carbocycles. The number of rotatable bonds is 6. The molecule has 8 nitrogen and oxygen atoms in total. The minimum atomic E-state index is -0.190. The van der Waals surface area contributed by atoms with Crippen molar-refractivity contribution in [3.63, 3.8) is 0 Å². The standard InChI is InChI=1S/C25H22N4O4/c1-29(13-23-26-18-9-5-3-8-16(18)25(31)28-23)14-24(30)27-19-12-21-17(11-22(19)32-2)15-7-4-6-10-20(15)33-21/h3-12H,13-14H2,1-2H3,(H,27,30)(H,26,28,31)/p+1. The van der Waals surface area contributed by atoms with Gasteiger partial charge in [0.05, 0.1) is 30.7 Å². The number of benzene rings is 3. The molecule has 8 heteroatoms. The van der Waals surface area contributed by atoms with Gasteiger partial charge in [0.2, 0.25) is 0 Å². The number of nitrogens with zero attached hydrogens (tertiary/aromatic N) is 1. The second-order valence-corrected chi connectivity index (χ2v) is 8.04. The van der Waals surface area contributed by atoms with Crippen molar-refractivity contribution < 1.29 is 18.8 Å². The van der Waals surface area contributed by atoms with Crippen molar-refractivity contribution in [2.75, 3.05) is 26.0 Å². The van der Waals surface area contributed by atoms with Gasteiger partial charge in [-0.05, 0) is 24.3 Å². The molecule has 2 aromatic heterocycles. The molecular formula is C25H23N4O4+. The van der Waals surface area contributed by atoms with Crippen LogP contribution in [-0.4, -0.2) is 36.6 Å². The highest BCUT2D eigenvalue weighted by Gasteiger charge is 2.17. The number of ether oxygens (including phenoxy) is 1. The van der Waals surface area contributed by atoms with E-state index in [0.717, 1.165) is 21.3 Å². The van der Waals surface area contributed by atoms with Gasteiger partial charge in [0, 0.05) is 16.8 Å². The Kier molecular flexibility index (Phi) is 5.27. The summed E-state index contributed by atoms with van der Waals surface area (Å²) in [6.07, 6.45) is 0. The lowest BCUT2D eigenvalue weighted by Gasteiger charge is -2.15. The van der Waals surface area contributed by atoms with Gasteiger partial charge in [-0.25, -0.2) is 4.98 Å². The van der Waals surface area contributed by atoms with Crippen LogP contribution in [0.1, 0.15) is 5.82 Å². The molecule has 0 fully saturated rings. The third kappa shape index (κ3) is 4.04. The van der Waals surface area contributed by atoms with Crippen LogP contribution < -0.4 is 20.5 Å². The molecule has 0 bridgehead atoms. The summed E-state index contributed by atoms with van der Waals surface area (Å²) in [5.74, 6) is 0.898. The number of quaternary nitrogens is 1. The SMILES string of the molecule is COc1cc2c(cc1NC(=O)C[NH+](C)Cc1nc3ccccc3c(=O)[nH]1)oc1ccccc12. The zero-order chi connectivity index (χ0) is 22.9. The fourth-order valence-corrected chi connectivity index (χ4v) is 4.05. The number of carbonyl (C=O) groups is 1. The molecule has 5 rings (SSSR count). The van der Waals surface area contributed by atoms with E-state index in [0.29, 0.717) is 40.3 Å². The van der Waals surface area contributed by atoms with Crippen LogP contribution in [0.15, 0.2) is 69.9 Å². The van der Waals surface area contributed by atoms with Crippen LogP contribution in [0.2, 0.25) is 0 Å². The van der Waals surface area contributed by atoms with E-state index in [1.54, 1.807) is 31.4 Å². The van der Waals surface area contributed by atoms with Crippen molar-refractivity contribution in [1.29, 1.82) is 0 Å². The molecule has 1 atom stereocenters. The van der Waals surface area contributed by atoms with Crippen molar-refractivity contribution in [3.8, 4) is 5.75 Å². The van der Waals surface area contributed by atoms with Crippen molar-refractivity contribution in [1.82, 2.24) is 9.97 Å². The van der Waals surface area contributed by atoms with Crippen LogP contribution in [0, 0.1) is 0 Å². The maximum absolute atomic E-state index is 12.8. The first-order valence-corrected chi connectivity index (χ1v) is 10.6. The average molecular weight is 443 g/mol. The molecule has 5 aromatic rings. The van der Waals surface area contributed by atoms with E-state index in [2.05, 4.69) is 15.3 Å². The maximum atomic E-state index is 12.8. The van der Waals surface area contributed by atoms with E-state index in [9.17, 15) is 9.59 Å². The van der Waals surface area contributed by atoms with E-state index in [1.807, 2.05) is 43.4 Å². The summed E-state index contributed by atoms with van der Waals surface area (Å²) in [5.41, 5.74) is 2.44. The Bertz CT molecular complexity index is 1550. The average Bonchev–Trinajstić information content (AvgIpc) is 3.15. The lowest BCUT2D eigenvalue weighted by atomic mass is 10.1. The van der Waals surface area contributed by atoms with E-state index in [4.69, 9.17) is 9.15 Å². The van der Waals surface area contributed by atoms with Crippen LogP contribution in [-0.2, 0) is 11.3 Å². The lowest BCUT2D eigenvalue weighted by molar-refractivity contribution is -0.885. The van der Waals surface area contributed by atoms with E-state index in [1.165, 1.54) is 0 Å². The lowest BCUT2D eigenvalue weighted by Crippen LogP contribution is -3.08. The Balaban J connectivity index is 1.33. The van der Waals surface area contributed by atoms with Gasteiger partial charge in [-0.2, -0.15) is 0 Å². The van der Waals surface area contributed by atoms with Crippen LogP contribution in [0.4, 0.5) is 5.69 Å². The Morgan fingerprint density at radius 2 is 1.82 bits per heavy atom. The topological polar surface area (TPSA) is 102 Å². The van der Waals surface area contributed by atoms with Crippen LogP contribution in [0.3, 0.4) is 0 Å². The highest BCUT2D eigenvalue weighted by atomic mass is 16.5. The number of hydrogen-bond donors (Lipinski definition) is 3. The summed E-state index contributed by atoms with van der Waals surface area (Å²) >= 11 is 0.